The minimum atomic E-state index is -0.240. The summed E-state index contributed by atoms with van der Waals surface area (Å²) < 4.78 is 14.6. The average molecular weight is 988 g/mol. The van der Waals surface area contributed by atoms with Gasteiger partial charge in [-0.3, -0.25) is 0 Å². The second kappa shape index (κ2) is 25.0. The molecule has 53 heavy (non-hydrogen) atoms. The number of unbranched alkanes of at least 4 members (excludes halogenated alkanes) is 1. The van der Waals surface area contributed by atoms with Gasteiger partial charge in [0.2, 0.25) is 6.71 Å². The number of fused-ring (bicyclic) bond motifs is 2. The fourth-order valence-corrected chi connectivity index (χ4v) is 9.24. The molecule has 0 spiro atoms. The third kappa shape index (κ3) is 14.2. The van der Waals surface area contributed by atoms with E-state index in [1.54, 1.807) is 26.0 Å². The molecule has 0 radical (unpaired) electrons. The molecule has 0 bridgehead atoms. The van der Waals surface area contributed by atoms with E-state index in [0.717, 1.165) is 29.8 Å². The molecule has 7 rings (SSSR count). The Morgan fingerprint density at radius 1 is 0.623 bits per heavy atom. The van der Waals surface area contributed by atoms with Gasteiger partial charge in [-0.15, -0.1) is 0 Å². The maximum Gasteiger partial charge on any atom is 1.00 e. The maximum atomic E-state index is 5.06. The van der Waals surface area contributed by atoms with E-state index in [-0.39, 0.29) is 26.0 Å². The molecule has 0 N–H and O–H groups in total. The first-order chi connectivity index (χ1) is 25.3. The van der Waals surface area contributed by atoms with Gasteiger partial charge in [-0.1, -0.05) is 182 Å². The van der Waals surface area contributed by atoms with Crippen LogP contribution in [0.5, 0.6) is 0 Å². The summed E-state index contributed by atoms with van der Waals surface area (Å²) in [4.78, 5) is 5.11. The first-order valence-electron chi connectivity index (χ1n) is 16.7. The molecular formula is C42H39B2Br4LiO2S2. The molecule has 0 saturated carbocycles. The molecule has 0 unspecified atom stereocenters. The van der Waals surface area contributed by atoms with Crippen molar-refractivity contribution in [3.05, 3.63) is 170 Å². The largest absolute Gasteiger partial charge is 1.00 e. The second-order valence-electron chi connectivity index (χ2n) is 11.3. The Balaban J connectivity index is 0.000000211. The van der Waals surface area contributed by atoms with Crippen molar-refractivity contribution in [2.45, 2.75) is 39.3 Å². The van der Waals surface area contributed by atoms with E-state index in [0.29, 0.717) is 6.71 Å². The van der Waals surface area contributed by atoms with Crippen LogP contribution in [0.4, 0.5) is 0 Å². The molecule has 0 amide bonds. The molecular weight excluding hydrogens is 949 g/mol. The molecule has 0 atom stereocenters. The number of hydrogen-bond acceptors (Lipinski definition) is 4. The van der Waals surface area contributed by atoms with Crippen molar-refractivity contribution in [3.8, 4) is 0 Å². The summed E-state index contributed by atoms with van der Waals surface area (Å²) >= 11 is 17.8. The van der Waals surface area contributed by atoms with Gasteiger partial charge in [-0.05, 0) is 85.9 Å². The SMILES string of the molecule is Brc1ccc(Br)c(Sc2ccccc2Br)c1.Brc1ccc2c(c1)Sc1ccccc1B2c1ccccc1.COB(OC)c1ccccc1.[CH2-]CCC.[Li+]. The van der Waals surface area contributed by atoms with Crippen LogP contribution < -0.4 is 40.7 Å². The summed E-state index contributed by atoms with van der Waals surface area (Å²) in [7, 11) is 3.01. The average Bonchev–Trinajstić information content (AvgIpc) is 3.18. The minimum Gasteiger partial charge on any atom is -0.410 e. The molecule has 0 aromatic heterocycles. The number of halogens is 4. The number of rotatable bonds is 7. The van der Waals surface area contributed by atoms with Crippen LogP contribution in [0, 0.1) is 6.92 Å². The van der Waals surface area contributed by atoms with Crippen molar-refractivity contribution in [1.29, 1.82) is 0 Å². The Morgan fingerprint density at radius 2 is 1.15 bits per heavy atom. The molecule has 6 aromatic carbocycles. The van der Waals surface area contributed by atoms with E-state index in [1.807, 2.05) is 72.4 Å². The third-order valence-electron chi connectivity index (χ3n) is 7.67. The van der Waals surface area contributed by atoms with Crippen molar-refractivity contribution in [2.24, 2.45) is 0 Å². The number of hydrogen-bond donors (Lipinski definition) is 0. The van der Waals surface area contributed by atoms with Gasteiger partial charge in [0.15, 0.2) is 0 Å². The summed E-state index contributed by atoms with van der Waals surface area (Å²) in [5.74, 6) is 0. The zero-order valence-corrected chi connectivity index (χ0v) is 38.3. The molecule has 1 aliphatic heterocycles. The van der Waals surface area contributed by atoms with Crippen molar-refractivity contribution >= 4 is 123 Å². The predicted octanol–water partition coefficient (Wildman–Crippen LogP) is 8.85. The zero-order valence-electron chi connectivity index (χ0n) is 30.3. The van der Waals surface area contributed by atoms with Crippen molar-refractivity contribution in [2.75, 3.05) is 14.2 Å². The summed E-state index contributed by atoms with van der Waals surface area (Å²) in [5.41, 5.74) is 5.20. The van der Waals surface area contributed by atoms with E-state index in [2.05, 4.69) is 162 Å². The Morgan fingerprint density at radius 3 is 1.79 bits per heavy atom. The van der Waals surface area contributed by atoms with Crippen LogP contribution in [-0.2, 0) is 9.31 Å². The van der Waals surface area contributed by atoms with Gasteiger partial charge in [-0.2, -0.15) is 6.42 Å². The van der Waals surface area contributed by atoms with Crippen LogP contribution in [0.15, 0.2) is 183 Å². The first-order valence-corrected chi connectivity index (χ1v) is 21.5. The Kier molecular flexibility index (Phi) is 21.7. The summed E-state index contributed by atoms with van der Waals surface area (Å²) in [6.07, 6.45) is 2.28. The van der Waals surface area contributed by atoms with E-state index in [9.17, 15) is 0 Å². The first kappa shape index (κ1) is 46.0. The van der Waals surface area contributed by atoms with Gasteiger partial charge in [0, 0.05) is 51.7 Å². The smallest absolute Gasteiger partial charge is 0.410 e. The maximum absolute atomic E-state index is 5.06. The van der Waals surface area contributed by atoms with Crippen LogP contribution in [0.1, 0.15) is 19.8 Å². The fourth-order valence-electron chi connectivity index (χ4n) is 5.12. The molecule has 0 saturated heterocycles. The quantitative estimate of drug-likeness (QED) is 0.117. The molecule has 2 nitrogen and oxygen atoms in total. The van der Waals surface area contributed by atoms with E-state index < -0.39 is 0 Å². The molecule has 6 aromatic rings. The topological polar surface area (TPSA) is 18.5 Å². The van der Waals surface area contributed by atoms with E-state index in [1.165, 1.54) is 42.4 Å². The molecule has 1 aliphatic rings. The van der Waals surface area contributed by atoms with Crippen LogP contribution in [-0.4, -0.2) is 28.1 Å². The summed E-state index contributed by atoms with van der Waals surface area (Å²) in [6, 6.07) is 50.3. The molecule has 11 heteroatoms. The second-order valence-corrected chi connectivity index (χ2v) is 17.0. The molecule has 266 valence electrons. The zero-order chi connectivity index (χ0) is 37.3. The summed E-state index contributed by atoms with van der Waals surface area (Å²) in [5, 5.41) is 0. The van der Waals surface area contributed by atoms with Crippen molar-refractivity contribution in [3.63, 3.8) is 0 Å². The van der Waals surface area contributed by atoms with Crippen LogP contribution in [0.3, 0.4) is 0 Å². The van der Waals surface area contributed by atoms with Gasteiger partial charge in [0.1, 0.15) is 0 Å². The minimum absolute atomic E-state index is 0. The van der Waals surface area contributed by atoms with Crippen molar-refractivity contribution in [1.82, 2.24) is 0 Å². The molecule has 1 heterocycles. The molecule has 0 aliphatic carbocycles. The Labute approximate surface area is 371 Å². The predicted molar refractivity (Wildman–Crippen MR) is 242 cm³/mol. The normalized spacial score (nSPS) is 10.8. The van der Waals surface area contributed by atoms with Gasteiger partial charge in [0.25, 0.3) is 0 Å². The van der Waals surface area contributed by atoms with Gasteiger partial charge < -0.3 is 16.2 Å². The fraction of sp³-hybridized carbons (Fsp3) is 0.119. The van der Waals surface area contributed by atoms with Crippen LogP contribution in [0.2, 0.25) is 0 Å². The van der Waals surface area contributed by atoms with E-state index >= 15 is 0 Å². The third-order valence-corrected chi connectivity index (χ3v) is 12.9. The van der Waals surface area contributed by atoms with Gasteiger partial charge in [0.05, 0.1) is 0 Å². The standard InChI is InChI=1S/C18H12BBrS.C12H7Br3S.C8H11BO2.C4H9.Li/c20-14-10-11-16-18(12-14)21-17-9-5-4-8-15(17)19(16)13-6-2-1-3-7-13;13-8-5-6-10(15)12(7-8)16-11-4-2-1-3-9(11)14;1-10-9(11-2)8-6-4-3-5-7-8;1-3-4-2;/h1-12H;1-7H;3-7H,1-2H3;1,3-4H2,2H3;/q;;;-1;+1. The summed E-state index contributed by atoms with van der Waals surface area (Å²) in [6.45, 7) is 6.05. The monoisotopic (exact) mass is 984 g/mol. The van der Waals surface area contributed by atoms with E-state index in [4.69, 9.17) is 9.31 Å². The van der Waals surface area contributed by atoms with Crippen LogP contribution >= 0.6 is 87.2 Å². The van der Waals surface area contributed by atoms with Gasteiger partial charge in [-0.25, -0.2) is 0 Å². The van der Waals surface area contributed by atoms with Crippen molar-refractivity contribution < 1.29 is 28.2 Å². The van der Waals surface area contributed by atoms with Gasteiger partial charge >= 0.3 is 26.0 Å². The Bertz CT molecular complexity index is 1970. The van der Waals surface area contributed by atoms with Crippen LogP contribution in [0.25, 0.3) is 0 Å². The number of benzene rings is 6. The Hall–Kier alpha value is -1.41. The molecule has 0 fully saturated rings.